The van der Waals surface area contributed by atoms with Gasteiger partial charge in [-0.2, -0.15) is 0 Å². The van der Waals surface area contributed by atoms with Crippen molar-refractivity contribution in [1.29, 1.82) is 0 Å². The summed E-state index contributed by atoms with van der Waals surface area (Å²) in [6.45, 7) is 6.14. The van der Waals surface area contributed by atoms with Gasteiger partial charge in [0.2, 0.25) is 5.91 Å². The van der Waals surface area contributed by atoms with E-state index in [9.17, 15) is 9.59 Å². The molecule has 0 aliphatic carbocycles. The van der Waals surface area contributed by atoms with Crippen LogP contribution < -0.4 is 5.32 Å². The molecule has 1 heterocycles. The Bertz CT molecular complexity index is 542. The number of hydrogen-bond acceptors (Lipinski definition) is 4. The SMILES string of the molecule is COC(=O)C[C@@H]1C(=O)NCCN1Cc1cc(C)ccc1C. The zero-order valence-corrected chi connectivity index (χ0v) is 12.8. The molecule has 5 heteroatoms. The fourth-order valence-corrected chi connectivity index (χ4v) is 2.60. The molecule has 1 saturated heterocycles. The average Bonchev–Trinajstić information content (AvgIpc) is 2.46. The van der Waals surface area contributed by atoms with E-state index in [1.165, 1.54) is 23.8 Å². The number of amides is 1. The van der Waals surface area contributed by atoms with Crippen molar-refractivity contribution >= 4 is 11.9 Å². The van der Waals surface area contributed by atoms with Crippen LogP contribution in [0.15, 0.2) is 18.2 Å². The summed E-state index contributed by atoms with van der Waals surface area (Å²) in [7, 11) is 1.35. The minimum Gasteiger partial charge on any atom is -0.469 e. The zero-order valence-electron chi connectivity index (χ0n) is 12.8. The van der Waals surface area contributed by atoms with Gasteiger partial charge in [-0.05, 0) is 25.0 Å². The lowest BCUT2D eigenvalue weighted by atomic mass is 10.0. The van der Waals surface area contributed by atoms with Crippen LogP contribution in [0.5, 0.6) is 0 Å². The van der Waals surface area contributed by atoms with Crippen LogP contribution in [-0.4, -0.2) is 43.0 Å². The molecule has 0 aromatic heterocycles. The number of nitrogens with one attached hydrogen (secondary N) is 1. The second kappa shape index (κ2) is 6.72. The second-order valence-corrected chi connectivity index (χ2v) is 5.49. The van der Waals surface area contributed by atoms with Crippen molar-refractivity contribution in [3.05, 3.63) is 34.9 Å². The lowest BCUT2D eigenvalue weighted by Crippen LogP contribution is -2.55. The Kier molecular flexibility index (Phi) is 4.96. The van der Waals surface area contributed by atoms with Crippen molar-refractivity contribution in [3.63, 3.8) is 0 Å². The van der Waals surface area contributed by atoms with Crippen molar-refractivity contribution < 1.29 is 14.3 Å². The first-order valence-electron chi connectivity index (χ1n) is 7.16. The number of rotatable bonds is 4. The Morgan fingerprint density at radius 2 is 2.19 bits per heavy atom. The molecule has 0 radical (unpaired) electrons. The van der Waals surface area contributed by atoms with Crippen LogP contribution in [0.3, 0.4) is 0 Å². The zero-order chi connectivity index (χ0) is 15.4. The van der Waals surface area contributed by atoms with Gasteiger partial charge in [0.05, 0.1) is 13.5 Å². The molecule has 114 valence electrons. The highest BCUT2D eigenvalue weighted by Gasteiger charge is 2.32. The Morgan fingerprint density at radius 1 is 1.43 bits per heavy atom. The molecule has 1 aliphatic rings. The lowest BCUT2D eigenvalue weighted by molar-refractivity contribution is -0.146. The number of methoxy groups -OCH3 is 1. The third kappa shape index (κ3) is 3.82. The van der Waals surface area contributed by atoms with Crippen LogP contribution in [0.1, 0.15) is 23.1 Å². The highest BCUT2D eigenvalue weighted by atomic mass is 16.5. The largest absolute Gasteiger partial charge is 0.469 e. The fourth-order valence-electron chi connectivity index (χ4n) is 2.60. The number of carbonyl (C=O) groups excluding carboxylic acids is 2. The molecule has 0 saturated carbocycles. The molecule has 0 bridgehead atoms. The van der Waals surface area contributed by atoms with E-state index in [-0.39, 0.29) is 18.3 Å². The van der Waals surface area contributed by atoms with Crippen LogP contribution in [0.4, 0.5) is 0 Å². The van der Waals surface area contributed by atoms with Crippen molar-refractivity contribution in [3.8, 4) is 0 Å². The summed E-state index contributed by atoms with van der Waals surface area (Å²) in [6, 6.07) is 5.85. The van der Waals surface area contributed by atoms with Gasteiger partial charge >= 0.3 is 5.97 Å². The summed E-state index contributed by atoms with van der Waals surface area (Å²) >= 11 is 0. The van der Waals surface area contributed by atoms with Gasteiger partial charge < -0.3 is 10.1 Å². The van der Waals surface area contributed by atoms with E-state index in [2.05, 4.69) is 42.3 Å². The number of benzene rings is 1. The van der Waals surface area contributed by atoms with Gasteiger partial charge in [-0.3, -0.25) is 14.5 Å². The summed E-state index contributed by atoms with van der Waals surface area (Å²) in [4.78, 5) is 25.6. The number of aryl methyl sites for hydroxylation is 2. The van der Waals surface area contributed by atoms with Crippen molar-refractivity contribution in [1.82, 2.24) is 10.2 Å². The van der Waals surface area contributed by atoms with Gasteiger partial charge in [0.1, 0.15) is 6.04 Å². The first kappa shape index (κ1) is 15.5. The number of nitrogens with zero attached hydrogens (tertiary/aromatic N) is 1. The fraction of sp³-hybridized carbons (Fsp3) is 0.500. The van der Waals surface area contributed by atoms with E-state index in [1.54, 1.807) is 0 Å². The van der Waals surface area contributed by atoms with E-state index >= 15 is 0 Å². The molecular formula is C16H22N2O3. The Hall–Kier alpha value is -1.88. The molecule has 21 heavy (non-hydrogen) atoms. The van der Waals surface area contributed by atoms with E-state index in [4.69, 9.17) is 4.74 Å². The summed E-state index contributed by atoms with van der Waals surface area (Å²) in [5, 5.41) is 2.81. The van der Waals surface area contributed by atoms with Crippen LogP contribution >= 0.6 is 0 Å². The molecule has 0 unspecified atom stereocenters. The van der Waals surface area contributed by atoms with Crippen LogP contribution in [0.25, 0.3) is 0 Å². The summed E-state index contributed by atoms with van der Waals surface area (Å²) in [5.74, 6) is -0.458. The lowest BCUT2D eigenvalue weighted by Gasteiger charge is -2.34. The Labute approximate surface area is 125 Å². The molecule has 1 fully saturated rings. The summed E-state index contributed by atoms with van der Waals surface area (Å²) < 4.78 is 4.70. The Morgan fingerprint density at radius 3 is 2.90 bits per heavy atom. The minimum atomic E-state index is -0.453. The third-order valence-electron chi connectivity index (χ3n) is 3.91. The smallest absolute Gasteiger partial charge is 0.307 e. The highest BCUT2D eigenvalue weighted by molar-refractivity contribution is 5.87. The van der Waals surface area contributed by atoms with Gasteiger partial charge in [0.15, 0.2) is 0 Å². The van der Waals surface area contributed by atoms with Gasteiger partial charge in [-0.25, -0.2) is 0 Å². The quantitative estimate of drug-likeness (QED) is 0.846. The standard InChI is InChI=1S/C16H22N2O3/c1-11-4-5-12(2)13(8-11)10-18-7-6-17-16(20)14(18)9-15(19)21-3/h4-5,8,14H,6-7,9-10H2,1-3H3,(H,17,20)/t14-/m1/s1. The van der Waals surface area contributed by atoms with E-state index in [0.29, 0.717) is 13.1 Å². The topological polar surface area (TPSA) is 58.6 Å². The maximum atomic E-state index is 12.0. The summed E-state index contributed by atoms with van der Waals surface area (Å²) in [6.07, 6.45) is 0.0905. The number of hydrogen-bond donors (Lipinski definition) is 1. The number of piperazine rings is 1. The van der Waals surface area contributed by atoms with Gasteiger partial charge in [0.25, 0.3) is 0 Å². The van der Waals surface area contributed by atoms with E-state index in [1.807, 2.05) is 0 Å². The molecule has 1 aliphatic heterocycles. The van der Waals surface area contributed by atoms with Crippen LogP contribution in [0, 0.1) is 13.8 Å². The van der Waals surface area contributed by atoms with Gasteiger partial charge in [-0.1, -0.05) is 23.8 Å². The predicted molar refractivity (Wildman–Crippen MR) is 79.8 cm³/mol. The molecule has 1 amide bonds. The average molecular weight is 290 g/mol. The Balaban J connectivity index is 2.16. The number of esters is 1. The molecule has 1 atom stereocenters. The molecule has 1 aromatic rings. The number of carbonyl (C=O) groups is 2. The monoisotopic (exact) mass is 290 g/mol. The molecule has 5 nitrogen and oxygen atoms in total. The van der Waals surface area contributed by atoms with E-state index in [0.717, 1.165) is 6.54 Å². The first-order valence-corrected chi connectivity index (χ1v) is 7.16. The third-order valence-corrected chi connectivity index (χ3v) is 3.91. The maximum absolute atomic E-state index is 12.0. The second-order valence-electron chi connectivity index (χ2n) is 5.49. The summed E-state index contributed by atoms with van der Waals surface area (Å²) in [5.41, 5.74) is 3.59. The van der Waals surface area contributed by atoms with Crippen molar-refractivity contribution in [2.75, 3.05) is 20.2 Å². The first-order chi connectivity index (χ1) is 10.0. The molecule has 1 N–H and O–H groups in total. The van der Waals surface area contributed by atoms with Crippen molar-refractivity contribution in [2.45, 2.75) is 32.9 Å². The van der Waals surface area contributed by atoms with Crippen molar-refractivity contribution in [2.24, 2.45) is 0 Å². The molecule has 1 aromatic carbocycles. The highest BCUT2D eigenvalue weighted by Crippen LogP contribution is 2.18. The van der Waals surface area contributed by atoms with Crippen LogP contribution in [-0.2, 0) is 20.9 Å². The molecular weight excluding hydrogens is 268 g/mol. The van der Waals surface area contributed by atoms with Crippen LogP contribution in [0.2, 0.25) is 0 Å². The van der Waals surface area contributed by atoms with E-state index < -0.39 is 6.04 Å². The predicted octanol–water partition coefficient (Wildman–Crippen LogP) is 1.17. The normalized spacial score (nSPS) is 19.2. The van der Waals surface area contributed by atoms with Gasteiger partial charge in [-0.15, -0.1) is 0 Å². The minimum absolute atomic E-state index is 0.0905. The number of ether oxygens (including phenoxy) is 1. The molecule has 0 spiro atoms. The van der Waals surface area contributed by atoms with Gasteiger partial charge in [0, 0.05) is 19.6 Å². The molecule has 2 rings (SSSR count). The maximum Gasteiger partial charge on any atom is 0.307 e.